The van der Waals surface area contributed by atoms with Gasteiger partial charge in [-0.2, -0.15) is 0 Å². The van der Waals surface area contributed by atoms with Crippen LogP contribution in [0.3, 0.4) is 0 Å². The minimum atomic E-state index is -1.84. The van der Waals surface area contributed by atoms with Crippen molar-refractivity contribution >= 4 is 34.6 Å². The van der Waals surface area contributed by atoms with Crippen LogP contribution in [0.1, 0.15) is 137 Å². The maximum Gasteiger partial charge on any atom is 0.341 e. The highest BCUT2D eigenvalue weighted by molar-refractivity contribution is 7.99. The van der Waals surface area contributed by atoms with Gasteiger partial charge in [0.1, 0.15) is 35.6 Å². The number of pyridine rings is 1. The lowest BCUT2D eigenvalue weighted by atomic mass is 9.77. The molecule has 3 saturated heterocycles. The van der Waals surface area contributed by atoms with Crippen LogP contribution in [0.5, 0.6) is 0 Å². The number of thioether (sulfide) groups is 1. The number of nitrogens with zero attached hydrogens (tertiary/aromatic N) is 4. The van der Waals surface area contributed by atoms with Crippen LogP contribution in [-0.4, -0.2) is 214 Å². The second-order valence-electron chi connectivity index (χ2n) is 24.2. The Bertz CT molecular complexity index is 2390. The summed E-state index contributed by atoms with van der Waals surface area (Å²) in [5.74, 6) is -3.19. The van der Waals surface area contributed by atoms with Crippen molar-refractivity contribution in [1.82, 2.24) is 19.3 Å². The number of hydrogen-bond acceptors (Lipinski definition) is 18. The molecule has 1 aromatic heterocycles. The number of carboxylic acids is 1. The number of carbonyl (C=O) groups excluding carboxylic acids is 1. The number of aliphatic hydroxyl groups excluding tert-OH is 2. The van der Waals surface area contributed by atoms with Crippen molar-refractivity contribution in [3.8, 4) is 0 Å². The number of rotatable bonds is 17. The molecule has 3 fully saturated rings. The molecular weight excluding hydrogens is 1020 g/mol. The lowest BCUT2D eigenvalue weighted by Gasteiger charge is -2.49. The van der Waals surface area contributed by atoms with Crippen LogP contribution >= 0.6 is 11.8 Å². The van der Waals surface area contributed by atoms with Gasteiger partial charge in [0.2, 0.25) is 5.43 Å². The summed E-state index contributed by atoms with van der Waals surface area (Å²) >= 11 is 1.64. The largest absolute Gasteiger partial charge is 0.477 e. The Morgan fingerprint density at radius 3 is 2.27 bits per heavy atom. The number of aliphatic hydroxyl groups is 4. The number of aromatic carboxylic acids is 1. The Kier molecular flexibility index (Phi) is 22.0. The fourth-order valence-electron chi connectivity index (χ4n) is 12.9. The molecule has 19 nitrogen and oxygen atoms in total. The summed E-state index contributed by atoms with van der Waals surface area (Å²) in [6.07, 6.45) is -4.77. The molecule has 19 atom stereocenters. The maximum atomic E-state index is 14.7. The van der Waals surface area contributed by atoms with E-state index in [0.29, 0.717) is 31.5 Å². The van der Waals surface area contributed by atoms with Crippen LogP contribution in [-0.2, 0) is 44.4 Å². The van der Waals surface area contributed by atoms with E-state index in [4.69, 9.17) is 33.2 Å². The number of methoxy groups -OCH3 is 1. The third-order valence-corrected chi connectivity index (χ3v) is 18.7. The number of hydrogen-bond donors (Lipinski definition) is 5. The molecule has 0 radical (unpaired) electrons. The zero-order valence-corrected chi connectivity index (χ0v) is 50.3. The van der Waals surface area contributed by atoms with E-state index in [9.17, 15) is 39.9 Å². The van der Waals surface area contributed by atoms with E-state index in [1.54, 1.807) is 39.6 Å². The predicted octanol–water partition coefficient (Wildman–Crippen LogP) is 5.56. The van der Waals surface area contributed by atoms with E-state index in [1.807, 2.05) is 90.0 Å². The molecule has 444 valence electrons. The number of likely N-dealkylation sites (N-methyl/N-ethyl adjacent to an activating group) is 3. The highest BCUT2D eigenvalue weighted by Gasteiger charge is 2.53. The second kappa shape index (κ2) is 26.6. The van der Waals surface area contributed by atoms with Gasteiger partial charge in [-0.3, -0.25) is 9.59 Å². The summed E-state index contributed by atoms with van der Waals surface area (Å²) < 4.78 is 48.0. The van der Waals surface area contributed by atoms with Crippen molar-refractivity contribution in [1.29, 1.82) is 0 Å². The number of aryl methyl sites for hydroxylation is 1. The van der Waals surface area contributed by atoms with Crippen LogP contribution in [0, 0.1) is 17.8 Å². The summed E-state index contributed by atoms with van der Waals surface area (Å²) in [6, 6.07) is 3.19. The Morgan fingerprint density at radius 1 is 0.949 bits per heavy atom. The lowest BCUT2D eigenvalue weighted by molar-refractivity contribution is -0.320. The van der Waals surface area contributed by atoms with Gasteiger partial charge in [0, 0.05) is 79.4 Å². The number of ether oxygens (including phenoxy) is 7. The molecular formula is C58H96N4O15S. The van der Waals surface area contributed by atoms with E-state index < -0.39 is 107 Å². The molecule has 0 bridgehead atoms. The van der Waals surface area contributed by atoms with Gasteiger partial charge in [-0.1, -0.05) is 27.7 Å². The van der Waals surface area contributed by atoms with Crippen LogP contribution in [0.2, 0.25) is 0 Å². The molecule has 0 amide bonds. The SMILES string of the molecule is CC[C@H]1OC(=O)[C@H](C)[C@@H](OC2C[C@@](C)(OC)[C@@H](OCCN(CC)CCSc3cc4c5c(c3)c(=O)c(C(=O)O)cn5C(C)CC4)[C@H](C)O2)[C@H](C)[C@@H](O[C@@H]2O[C@H](C)C[C@H](N(C)C)[C@H]2O)[C@](C)(O)C[C@@H](C)CN(C)[C@H](C)[C@H](O)[C@]1(C)O. The topological polar surface area (TPSA) is 232 Å². The lowest BCUT2D eigenvalue weighted by Crippen LogP contribution is -2.61. The summed E-state index contributed by atoms with van der Waals surface area (Å²) in [7, 11) is 7.25. The van der Waals surface area contributed by atoms with E-state index in [1.165, 1.54) is 13.1 Å². The van der Waals surface area contributed by atoms with Crippen molar-refractivity contribution in [3.63, 3.8) is 0 Å². The van der Waals surface area contributed by atoms with Crippen LogP contribution in [0.4, 0.5) is 0 Å². The zero-order valence-electron chi connectivity index (χ0n) is 49.5. The van der Waals surface area contributed by atoms with Crippen LogP contribution in [0.25, 0.3) is 10.9 Å². The Hall–Kier alpha value is -2.80. The number of carbonyl (C=O) groups is 2. The van der Waals surface area contributed by atoms with Gasteiger partial charge in [0.25, 0.3) is 0 Å². The summed E-state index contributed by atoms with van der Waals surface area (Å²) in [6.45, 7) is 25.1. The van der Waals surface area contributed by atoms with Crippen molar-refractivity contribution in [2.24, 2.45) is 17.8 Å². The smallest absolute Gasteiger partial charge is 0.341 e. The average Bonchev–Trinajstić information content (AvgIpc) is 3.45. The molecule has 0 saturated carbocycles. The Morgan fingerprint density at radius 2 is 1.64 bits per heavy atom. The van der Waals surface area contributed by atoms with Gasteiger partial charge in [0.05, 0.1) is 53.7 Å². The first kappa shape index (κ1) is 64.4. The third-order valence-electron chi connectivity index (χ3n) is 17.7. The van der Waals surface area contributed by atoms with Crippen molar-refractivity contribution in [2.45, 2.75) is 223 Å². The summed E-state index contributed by atoms with van der Waals surface area (Å²) in [5.41, 5.74) is -3.17. The molecule has 4 aliphatic rings. The van der Waals surface area contributed by atoms with Crippen molar-refractivity contribution in [3.05, 3.63) is 39.7 Å². The molecule has 20 heteroatoms. The van der Waals surface area contributed by atoms with E-state index >= 15 is 0 Å². The highest BCUT2D eigenvalue weighted by Crippen LogP contribution is 2.41. The molecule has 6 rings (SSSR count). The second-order valence-corrected chi connectivity index (χ2v) is 25.4. The van der Waals surface area contributed by atoms with Gasteiger partial charge in [-0.05, 0) is 139 Å². The molecule has 2 unspecified atom stereocenters. The molecule has 4 aliphatic heterocycles. The number of esters is 1. The number of carboxylic acid groups (broad SMARTS) is 1. The van der Waals surface area contributed by atoms with Gasteiger partial charge in [0.15, 0.2) is 12.6 Å². The monoisotopic (exact) mass is 1120 g/mol. The third kappa shape index (κ3) is 14.3. The molecule has 1 aromatic carbocycles. The minimum Gasteiger partial charge on any atom is -0.477 e. The maximum absolute atomic E-state index is 14.7. The minimum absolute atomic E-state index is 0.0875. The quantitative estimate of drug-likeness (QED) is 0.0964. The first-order chi connectivity index (χ1) is 36.5. The summed E-state index contributed by atoms with van der Waals surface area (Å²) in [5, 5.41) is 58.6. The normalized spacial score (nSPS) is 38.8. The predicted molar refractivity (Wildman–Crippen MR) is 299 cm³/mol. The average molecular weight is 1120 g/mol. The standard InChI is InChI=1S/C58H96N4O15S/c1-17-44-58(12,70)50(65)37(8)60(15)30-32(3)28-56(10,69)51(77-55-48(64)43(59(13)14)25-34(5)73-55)35(6)49(36(7)54(68)75-44)76-45-29-57(11,71-16)52(38(9)74-45)72-23-21-61(18-2)22-24-78-40-26-39-20-19-33(4)62-31-42(53(66)67)47(63)41(27-40)46(39)62/h26-27,31-38,43-45,48-52,55,64-65,69-70H,17-25,28-30H2,1-16H3,(H,66,67)/t32-,33?,34-,35+,36-,37-,38+,43+,44-,45?,48-,49+,50+,51-,52+,55+,56-,57-,58-/m1/s1. The van der Waals surface area contributed by atoms with Gasteiger partial charge >= 0.3 is 11.9 Å². The van der Waals surface area contributed by atoms with Gasteiger partial charge in [-0.15, -0.1) is 11.8 Å². The van der Waals surface area contributed by atoms with Crippen LogP contribution in [0.15, 0.2) is 28.0 Å². The molecule has 0 aliphatic carbocycles. The fourth-order valence-corrected chi connectivity index (χ4v) is 13.9. The zero-order chi connectivity index (χ0) is 57.9. The molecule has 5 N–H and O–H groups in total. The highest BCUT2D eigenvalue weighted by atomic mass is 32.2. The first-order valence-corrected chi connectivity index (χ1v) is 29.4. The number of benzene rings is 1. The molecule has 2 aromatic rings. The molecule has 78 heavy (non-hydrogen) atoms. The van der Waals surface area contributed by atoms with Crippen LogP contribution < -0.4 is 5.43 Å². The number of cyclic esters (lactones) is 1. The summed E-state index contributed by atoms with van der Waals surface area (Å²) in [4.78, 5) is 47.2. The van der Waals surface area contributed by atoms with E-state index in [2.05, 4.69) is 17.9 Å². The van der Waals surface area contributed by atoms with Crippen molar-refractivity contribution < 1.29 is 68.3 Å². The first-order valence-electron chi connectivity index (χ1n) is 28.5. The molecule has 5 heterocycles. The Labute approximate surface area is 467 Å². The van der Waals surface area contributed by atoms with E-state index in [0.717, 1.165) is 47.7 Å². The van der Waals surface area contributed by atoms with Gasteiger partial charge in [-0.25, -0.2) is 4.79 Å². The van der Waals surface area contributed by atoms with Gasteiger partial charge < -0.3 is 78.0 Å². The fraction of sp³-hybridized carbons (Fsp3) is 0.810. The Balaban J connectivity index is 1.21. The van der Waals surface area contributed by atoms with Crippen molar-refractivity contribution in [2.75, 3.05) is 66.8 Å². The number of aromatic nitrogens is 1. The molecule has 0 spiro atoms. The van der Waals surface area contributed by atoms with E-state index in [-0.39, 0.29) is 48.9 Å².